The van der Waals surface area contributed by atoms with Crippen LogP contribution in [0.25, 0.3) is 0 Å². The minimum Gasteiger partial charge on any atom is -0.351 e. The van der Waals surface area contributed by atoms with Crippen LogP contribution in [0.4, 0.5) is 4.79 Å². The highest BCUT2D eigenvalue weighted by atomic mass is 16.2. The second kappa shape index (κ2) is 3.53. The molecule has 1 fully saturated rings. The highest BCUT2D eigenvalue weighted by Crippen LogP contribution is 2.32. The van der Waals surface area contributed by atoms with Gasteiger partial charge in [-0.1, -0.05) is 12.8 Å². The van der Waals surface area contributed by atoms with Gasteiger partial charge in [0, 0.05) is 0 Å². The zero-order chi connectivity index (χ0) is 9.14. The first-order valence-electron chi connectivity index (χ1n) is 3.95. The number of nitrogens with one attached hydrogen (secondary N) is 1. The minimum absolute atomic E-state index is 0.477. The third-order valence-electron chi connectivity index (χ3n) is 1.87. The maximum atomic E-state index is 11.0. The summed E-state index contributed by atoms with van der Waals surface area (Å²) in [7, 11) is 0. The molecule has 0 spiro atoms. The third-order valence-corrected chi connectivity index (χ3v) is 1.87. The monoisotopic (exact) mass is 171 g/mol. The van der Waals surface area contributed by atoms with E-state index in [1.165, 1.54) is 0 Å². The number of hydrogen-bond donors (Lipinski definition) is 3. The van der Waals surface area contributed by atoms with Crippen molar-refractivity contribution in [2.75, 3.05) is 0 Å². The summed E-state index contributed by atoms with van der Waals surface area (Å²) in [5.41, 5.74) is 10.2. The van der Waals surface area contributed by atoms with Gasteiger partial charge >= 0.3 is 6.03 Å². The van der Waals surface area contributed by atoms with E-state index in [0.717, 1.165) is 12.8 Å². The zero-order valence-electron chi connectivity index (χ0n) is 6.75. The van der Waals surface area contributed by atoms with Crippen molar-refractivity contribution in [3.05, 3.63) is 0 Å². The van der Waals surface area contributed by atoms with Gasteiger partial charge in [0.1, 0.15) is 0 Å². The number of amides is 3. The van der Waals surface area contributed by atoms with Gasteiger partial charge in [-0.25, -0.2) is 4.79 Å². The first-order chi connectivity index (χ1) is 5.59. The fraction of sp³-hybridized carbons (Fsp3) is 0.714. The molecule has 0 saturated heterocycles. The van der Waals surface area contributed by atoms with E-state index in [9.17, 15) is 9.59 Å². The van der Waals surface area contributed by atoms with Crippen LogP contribution in [0.5, 0.6) is 0 Å². The molecule has 0 aromatic heterocycles. The van der Waals surface area contributed by atoms with Crippen LogP contribution in [0.15, 0.2) is 0 Å². The van der Waals surface area contributed by atoms with Crippen LogP contribution in [0.3, 0.4) is 0 Å². The van der Waals surface area contributed by atoms with E-state index >= 15 is 0 Å². The molecule has 1 atom stereocenters. The van der Waals surface area contributed by atoms with Crippen LogP contribution in [0.2, 0.25) is 0 Å². The Hall–Kier alpha value is -1.10. The largest absolute Gasteiger partial charge is 0.351 e. The number of nitrogens with two attached hydrogens (primary N) is 2. The van der Waals surface area contributed by atoms with Gasteiger partial charge in [0.25, 0.3) is 0 Å². The van der Waals surface area contributed by atoms with Gasteiger partial charge < -0.3 is 11.5 Å². The lowest BCUT2D eigenvalue weighted by Crippen LogP contribution is -2.45. The molecule has 1 unspecified atom stereocenters. The van der Waals surface area contributed by atoms with Gasteiger partial charge in [-0.2, -0.15) is 0 Å². The van der Waals surface area contributed by atoms with Crippen molar-refractivity contribution < 1.29 is 9.59 Å². The number of carbonyl (C=O) groups excluding carboxylic acids is 2. The SMILES string of the molecule is NC(=O)NC(=O)C(N)CC1CC1. The fourth-order valence-electron chi connectivity index (χ4n) is 1.03. The number of hydrogen-bond acceptors (Lipinski definition) is 3. The zero-order valence-corrected chi connectivity index (χ0v) is 6.75. The van der Waals surface area contributed by atoms with Crippen LogP contribution < -0.4 is 16.8 Å². The van der Waals surface area contributed by atoms with Gasteiger partial charge in [-0.05, 0) is 12.3 Å². The van der Waals surface area contributed by atoms with Crippen molar-refractivity contribution in [2.24, 2.45) is 17.4 Å². The number of carbonyl (C=O) groups is 2. The van der Waals surface area contributed by atoms with Gasteiger partial charge in [0.05, 0.1) is 6.04 Å². The fourth-order valence-corrected chi connectivity index (χ4v) is 1.03. The molecule has 1 rings (SSSR count). The summed E-state index contributed by atoms with van der Waals surface area (Å²) >= 11 is 0. The van der Waals surface area contributed by atoms with Crippen molar-refractivity contribution in [3.63, 3.8) is 0 Å². The summed E-state index contributed by atoms with van der Waals surface area (Å²) in [6, 6.07) is -1.43. The Morgan fingerprint density at radius 1 is 1.50 bits per heavy atom. The molecular formula is C7H13N3O2. The molecule has 1 saturated carbocycles. The van der Waals surface area contributed by atoms with E-state index in [1.54, 1.807) is 0 Å². The minimum atomic E-state index is -0.841. The van der Waals surface area contributed by atoms with Gasteiger partial charge in [-0.15, -0.1) is 0 Å². The molecule has 5 nitrogen and oxygen atoms in total. The van der Waals surface area contributed by atoms with E-state index in [4.69, 9.17) is 11.5 Å². The Balaban J connectivity index is 2.24. The average molecular weight is 171 g/mol. The maximum absolute atomic E-state index is 11.0. The third kappa shape index (κ3) is 2.87. The Labute approximate surface area is 70.5 Å². The van der Waals surface area contributed by atoms with E-state index in [1.807, 2.05) is 5.32 Å². The van der Waals surface area contributed by atoms with Crippen molar-refractivity contribution >= 4 is 11.9 Å². The lowest BCUT2D eigenvalue weighted by molar-refractivity contribution is -0.121. The molecule has 0 bridgehead atoms. The normalized spacial score (nSPS) is 18.4. The van der Waals surface area contributed by atoms with Gasteiger partial charge in [-0.3, -0.25) is 10.1 Å². The lowest BCUT2D eigenvalue weighted by Gasteiger charge is -2.08. The average Bonchev–Trinajstić information content (AvgIpc) is 2.70. The van der Waals surface area contributed by atoms with Crippen LogP contribution in [-0.2, 0) is 4.79 Å². The Bertz CT molecular complexity index is 201. The molecule has 1 aliphatic rings. The van der Waals surface area contributed by atoms with Crippen molar-refractivity contribution in [1.29, 1.82) is 0 Å². The summed E-state index contributed by atoms with van der Waals surface area (Å²) in [6.45, 7) is 0. The van der Waals surface area contributed by atoms with E-state index in [0.29, 0.717) is 12.3 Å². The quantitative estimate of drug-likeness (QED) is 0.524. The standard InChI is InChI=1S/C7H13N3O2/c8-5(3-4-1-2-4)6(11)10-7(9)12/h4-5H,1-3,8H2,(H3,9,10,11,12). The Morgan fingerprint density at radius 2 is 2.08 bits per heavy atom. The van der Waals surface area contributed by atoms with Crippen molar-refractivity contribution in [2.45, 2.75) is 25.3 Å². The highest BCUT2D eigenvalue weighted by molar-refractivity contribution is 5.96. The van der Waals surface area contributed by atoms with Crippen LogP contribution in [0, 0.1) is 5.92 Å². The van der Waals surface area contributed by atoms with E-state index < -0.39 is 18.0 Å². The first-order valence-corrected chi connectivity index (χ1v) is 3.95. The number of rotatable bonds is 3. The van der Waals surface area contributed by atoms with Gasteiger partial charge in [0.15, 0.2) is 0 Å². The Kier molecular flexibility index (Phi) is 2.65. The van der Waals surface area contributed by atoms with E-state index in [2.05, 4.69) is 0 Å². The lowest BCUT2D eigenvalue weighted by atomic mass is 10.1. The number of primary amides is 1. The molecule has 5 heteroatoms. The highest BCUT2D eigenvalue weighted by Gasteiger charge is 2.27. The molecule has 0 heterocycles. The van der Waals surface area contributed by atoms with Crippen molar-refractivity contribution in [3.8, 4) is 0 Å². The molecule has 0 aromatic rings. The predicted octanol–water partition coefficient (Wildman–Crippen LogP) is -0.691. The summed E-state index contributed by atoms with van der Waals surface area (Å²) in [5.74, 6) is 0.0908. The van der Waals surface area contributed by atoms with Gasteiger partial charge in [0.2, 0.25) is 5.91 Å². The summed E-state index contributed by atoms with van der Waals surface area (Å²) in [6.07, 6.45) is 2.92. The predicted molar refractivity (Wildman–Crippen MR) is 43.0 cm³/mol. The summed E-state index contributed by atoms with van der Waals surface area (Å²) in [5, 5.41) is 1.95. The molecule has 0 aromatic carbocycles. The smallest absolute Gasteiger partial charge is 0.318 e. The second-order valence-corrected chi connectivity index (χ2v) is 3.14. The Morgan fingerprint density at radius 3 is 2.50 bits per heavy atom. The summed E-state index contributed by atoms with van der Waals surface area (Å²) < 4.78 is 0. The molecule has 1 aliphatic carbocycles. The first kappa shape index (κ1) is 8.99. The molecule has 0 aliphatic heterocycles. The van der Waals surface area contributed by atoms with Crippen LogP contribution in [0.1, 0.15) is 19.3 Å². The number of urea groups is 1. The molecule has 3 amide bonds. The second-order valence-electron chi connectivity index (χ2n) is 3.14. The van der Waals surface area contributed by atoms with Crippen LogP contribution in [-0.4, -0.2) is 18.0 Å². The molecule has 0 radical (unpaired) electrons. The molecule has 5 N–H and O–H groups in total. The van der Waals surface area contributed by atoms with Crippen molar-refractivity contribution in [1.82, 2.24) is 5.32 Å². The summed E-state index contributed by atoms with van der Waals surface area (Å²) in [4.78, 5) is 21.2. The maximum Gasteiger partial charge on any atom is 0.318 e. The molecule has 68 valence electrons. The molecular weight excluding hydrogens is 158 g/mol. The molecule has 12 heavy (non-hydrogen) atoms. The van der Waals surface area contributed by atoms with Crippen LogP contribution >= 0.6 is 0 Å². The van der Waals surface area contributed by atoms with E-state index in [-0.39, 0.29) is 0 Å². The number of imide groups is 1. The topological polar surface area (TPSA) is 98.2 Å².